The number of carbonyl (C=O) groups excluding carboxylic acids is 1. The molecule has 0 heterocycles. The largest absolute Gasteiger partial charge is 0.469 e. The Morgan fingerprint density at radius 2 is 1.88 bits per heavy atom. The number of hydrogen-bond donors (Lipinski definition) is 1. The number of aliphatic hydroxyl groups is 1. The number of carbonyl (C=O) groups is 1. The van der Waals surface area contributed by atoms with Gasteiger partial charge in [0.25, 0.3) is 0 Å². The van der Waals surface area contributed by atoms with Crippen LogP contribution in [0.3, 0.4) is 0 Å². The molecular formula is C13H20O4. The molecule has 0 amide bonds. The third-order valence-electron chi connectivity index (χ3n) is 2.08. The van der Waals surface area contributed by atoms with Gasteiger partial charge in [-0.1, -0.05) is 30.3 Å². The molecule has 1 atom stereocenters. The van der Waals surface area contributed by atoms with E-state index in [1.807, 2.05) is 30.3 Å². The van der Waals surface area contributed by atoms with Gasteiger partial charge in [-0.05, 0) is 12.5 Å². The van der Waals surface area contributed by atoms with E-state index in [4.69, 9.17) is 9.84 Å². The number of rotatable bonds is 5. The molecule has 1 unspecified atom stereocenters. The first kappa shape index (κ1) is 15.6. The quantitative estimate of drug-likeness (QED) is 0.795. The van der Waals surface area contributed by atoms with Crippen LogP contribution in [0.2, 0.25) is 0 Å². The molecule has 17 heavy (non-hydrogen) atoms. The maximum atomic E-state index is 11.1. The molecule has 0 radical (unpaired) electrons. The molecule has 1 aromatic carbocycles. The van der Waals surface area contributed by atoms with Crippen molar-refractivity contribution in [3.63, 3.8) is 0 Å². The zero-order chi connectivity index (χ0) is 13.1. The van der Waals surface area contributed by atoms with Crippen LogP contribution >= 0.6 is 0 Å². The number of benzene rings is 1. The lowest BCUT2D eigenvalue weighted by atomic mass is 10.2. The van der Waals surface area contributed by atoms with Crippen LogP contribution in [0, 0.1) is 5.92 Å². The Hall–Kier alpha value is -1.39. The minimum Gasteiger partial charge on any atom is -0.469 e. The third-order valence-corrected chi connectivity index (χ3v) is 2.08. The highest BCUT2D eigenvalue weighted by Gasteiger charge is 2.12. The van der Waals surface area contributed by atoms with Gasteiger partial charge in [0.05, 0.1) is 26.2 Å². The van der Waals surface area contributed by atoms with Crippen LogP contribution in [0.5, 0.6) is 0 Å². The van der Waals surface area contributed by atoms with Gasteiger partial charge in [-0.2, -0.15) is 0 Å². The monoisotopic (exact) mass is 240 g/mol. The van der Waals surface area contributed by atoms with Crippen molar-refractivity contribution in [3.05, 3.63) is 35.9 Å². The summed E-state index contributed by atoms with van der Waals surface area (Å²) in [6.07, 6.45) is 0. The summed E-state index contributed by atoms with van der Waals surface area (Å²) < 4.78 is 10.00. The van der Waals surface area contributed by atoms with Crippen molar-refractivity contribution in [1.29, 1.82) is 0 Å². The maximum absolute atomic E-state index is 11.1. The fourth-order valence-electron chi connectivity index (χ4n) is 1.20. The van der Waals surface area contributed by atoms with Gasteiger partial charge in [-0.3, -0.25) is 4.79 Å². The van der Waals surface area contributed by atoms with Gasteiger partial charge in [0.1, 0.15) is 0 Å². The van der Waals surface area contributed by atoms with E-state index in [0.29, 0.717) is 13.2 Å². The molecule has 0 aliphatic rings. The predicted molar refractivity (Wildman–Crippen MR) is 65.4 cm³/mol. The SMILES string of the molecule is CO.COC(=O)C(C)COCc1ccccc1. The minimum absolute atomic E-state index is 0.210. The molecule has 0 aliphatic heterocycles. The molecule has 1 aromatic rings. The fraction of sp³-hybridized carbons (Fsp3) is 0.462. The first-order valence-electron chi connectivity index (χ1n) is 5.38. The van der Waals surface area contributed by atoms with Gasteiger partial charge in [-0.15, -0.1) is 0 Å². The Bertz CT molecular complexity index is 298. The van der Waals surface area contributed by atoms with E-state index in [0.717, 1.165) is 12.7 Å². The summed E-state index contributed by atoms with van der Waals surface area (Å²) in [6, 6.07) is 9.86. The van der Waals surface area contributed by atoms with E-state index in [2.05, 4.69) is 4.74 Å². The molecule has 0 saturated carbocycles. The Labute approximate surface area is 102 Å². The molecule has 0 bridgehead atoms. The lowest BCUT2D eigenvalue weighted by molar-refractivity contribution is -0.147. The lowest BCUT2D eigenvalue weighted by Crippen LogP contribution is -2.18. The number of aliphatic hydroxyl groups excluding tert-OH is 1. The van der Waals surface area contributed by atoms with E-state index in [-0.39, 0.29) is 11.9 Å². The minimum atomic E-state index is -0.233. The second-order valence-electron chi connectivity index (χ2n) is 3.42. The summed E-state index contributed by atoms with van der Waals surface area (Å²) in [7, 11) is 2.38. The molecule has 0 fully saturated rings. The van der Waals surface area contributed by atoms with Gasteiger partial charge < -0.3 is 14.6 Å². The first-order valence-corrected chi connectivity index (χ1v) is 5.38. The zero-order valence-corrected chi connectivity index (χ0v) is 10.6. The molecule has 0 saturated heterocycles. The smallest absolute Gasteiger partial charge is 0.310 e. The molecule has 0 spiro atoms. The van der Waals surface area contributed by atoms with E-state index in [1.165, 1.54) is 7.11 Å². The molecule has 4 nitrogen and oxygen atoms in total. The molecule has 4 heteroatoms. The lowest BCUT2D eigenvalue weighted by Gasteiger charge is -2.09. The topological polar surface area (TPSA) is 55.8 Å². The second-order valence-corrected chi connectivity index (χ2v) is 3.42. The second kappa shape index (κ2) is 9.81. The van der Waals surface area contributed by atoms with E-state index >= 15 is 0 Å². The number of hydrogen-bond acceptors (Lipinski definition) is 4. The summed E-state index contributed by atoms with van der Waals surface area (Å²) in [5.74, 6) is -0.443. The normalized spacial score (nSPS) is 11.1. The summed E-state index contributed by atoms with van der Waals surface area (Å²) in [4.78, 5) is 11.1. The molecule has 96 valence electrons. The molecular weight excluding hydrogens is 220 g/mol. The Balaban J connectivity index is 0.00000121. The number of ether oxygens (including phenoxy) is 2. The first-order chi connectivity index (χ1) is 8.24. The fourth-order valence-corrected chi connectivity index (χ4v) is 1.20. The van der Waals surface area contributed by atoms with Gasteiger partial charge in [0, 0.05) is 7.11 Å². The van der Waals surface area contributed by atoms with E-state index < -0.39 is 0 Å². The van der Waals surface area contributed by atoms with Gasteiger partial charge in [0.2, 0.25) is 0 Å². The van der Waals surface area contributed by atoms with Crippen molar-refractivity contribution in [2.75, 3.05) is 20.8 Å². The van der Waals surface area contributed by atoms with Gasteiger partial charge in [-0.25, -0.2) is 0 Å². The van der Waals surface area contributed by atoms with Crippen molar-refractivity contribution >= 4 is 5.97 Å². The molecule has 0 aliphatic carbocycles. The summed E-state index contributed by atoms with van der Waals surface area (Å²) >= 11 is 0. The van der Waals surface area contributed by atoms with Gasteiger partial charge >= 0.3 is 5.97 Å². The van der Waals surface area contributed by atoms with Crippen molar-refractivity contribution in [1.82, 2.24) is 0 Å². The van der Waals surface area contributed by atoms with Crippen molar-refractivity contribution in [2.24, 2.45) is 5.92 Å². The van der Waals surface area contributed by atoms with Crippen molar-refractivity contribution in [2.45, 2.75) is 13.5 Å². The number of esters is 1. The highest BCUT2D eigenvalue weighted by Crippen LogP contribution is 2.04. The van der Waals surface area contributed by atoms with Crippen molar-refractivity contribution in [3.8, 4) is 0 Å². The van der Waals surface area contributed by atoms with Crippen LogP contribution in [0.1, 0.15) is 12.5 Å². The van der Waals surface area contributed by atoms with E-state index in [9.17, 15) is 4.79 Å². The highest BCUT2D eigenvalue weighted by molar-refractivity contribution is 5.71. The van der Waals surface area contributed by atoms with Crippen LogP contribution in [0.4, 0.5) is 0 Å². The Kier molecular flexibility index (Phi) is 9.01. The molecule has 0 aromatic heterocycles. The average molecular weight is 240 g/mol. The third kappa shape index (κ3) is 6.71. The van der Waals surface area contributed by atoms with Gasteiger partial charge in [0.15, 0.2) is 0 Å². The van der Waals surface area contributed by atoms with Crippen LogP contribution in [-0.4, -0.2) is 31.9 Å². The average Bonchev–Trinajstić information content (AvgIpc) is 2.41. The zero-order valence-electron chi connectivity index (χ0n) is 10.6. The summed E-state index contributed by atoms with van der Waals surface area (Å²) in [6.45, 7) is 2.71. The molecule has 1 N–H and O–H groups in total. The summed E-state index contributed by atoms with van der Waals surface area (Å²) in [5, 5.41) is 7.00. The number of methoxy groups -OCH3 is 1. The van der Waals surface area contributed by atoms with Crippen LogP contribution in [0.25, 0.3) is 0 Å². The highest BCUT2D eigenvalue weighted by atomic mass is 16.5. The van der Waals surface area contributed by atoms with Crippen LogP contribution in [-0.2, 0) is 20.9 Å². The standard InChI is InChI=1S/C12H16O3.CH4O/c1-10(12(13)14-2)8-15-9-11-6-4-3-5-7-11;1-2/h3-7,10H,8-9H2,1-2H3;2H,1H3. The maximum Gasteiger partial charge on any atom is 0.310 e. The van der Waals surface area contributed by atoms with Crippen LogP contribution in [0.15, 0.2) is 30.3 Å². The van der Waals surface area contributed by atoms with E-state index in [1.54, 1.807) is 6.92 Å². The Morgan fingerprint density at radius 1 is 1.29 bits per heavy atom. The predicted octanol–water partition coefficient (Wildman–Crippen LogP) is 1.62. The Morgan fingerprint density at radius 3 is 2.41 bits per heavy atom. The van der Waals surface area contributed by atoms with Crippen molar-refractivity contribution < 1.29 is 19.4 Å². The summed E-state index contributed by atoms with van der Waals surface area (Å²) in [5.41, 5.74) is 1.11. The molecule has 1 rings (SSSR count). The van der Waals surface area contributed by atoms with Crippen LogP contribution < -0.4 is 0 Å².